The van der Waals surface area contributed by atoms with E-state index in [9.17, 15) is 9.90 Å². The minimum absolute atomic E-state index is 0.159. The number of hydrogen-bond donors (Lipinski definition) is 4. The quantitative estimate of drug-likeness (QED) is 0.295. The van der Waals surface area contributed by atoms with Crippen LogP contribution in [0.4, 0.5) is 17.5 Å². The van der Waals surface area contributed by atoms with Crippen molar-refractivity contribution in [1.29, 1.82) is 0 Å². The maximum atomic E-state index is 11.5. The monoisotopic (exact) mass is 459 g/mol. The van der Waals surface area contributed by atoms with Crippen LogP contribution in [0.25, 0.3) is 11.5 Å². The molecule has 0 saturated carbocycles. The van der Waals surface area contributed by atoms with Gasteiger partial charge >= 0.3 is 0 Å². The molecule has 4 rings (SSSR count). The highest BCUT2D eigenvalue weighted by molar-refractivity contribution is 5.94. The van der Waals surface area contributed by atoms with Crippen LogP contribution in [0, 0.1) is 6.92 Å². The SMILES string of the molecule is CCc1noc(-c2cnc(Nc3ccc(C(N)=O)c(C)c3)nc2N[C@H](CO)c2ccccc2)n1. The Labute approximate surface area is 196 Å². The number of aliphatic hydroxyl groups is 1. The van der Waals surface area contributed by atoms with Crippen molar-refractivity contribution in [3.05, 3.63) is 77.2 Å². The molecule has 2 aromatic heterocycles. The summed E-state index contributed by atoms with van der Waals surface area (Å²) < 4.78 is 5.40. The molecule has 2 aromatic carbocycles. The Bertz CT molecular complexity index is 1290. The second kappa shape index (κ2) is 10.1. The summed E-state index contributed by atoms with van der Waals surface area (Å²) in [5, 5.41) is 20.4. The van der Waals surface area contributed by atoms with Crippen LogP contribution in [-0.4, -0.2) is 37.7 Å². The first-order chi connectivity index (χ1) is 16.5. The van der Waals surface area contributed by atoms with E-state index < -0.39 is 11.9 Å². The molecule has 4 aromatic rings. The molecule has 5 N–H and O–H groups in total. The molecule has 10 nitrogen and oxygen atoms in total. The van der Waals surface area contributed by atoms with E-state index >= 15 is 0 Å². The maximum absolute atomic E-state index is 11.5. The van der Waals surface area contributed by atoms with Crippen LogP contribution in [0.2, 0.25) is 0 Å². The van der Waals surface area contributed by atoms with Crippen molar-refractivity contribution in [2.75, 3.05) is 17.2 Å². The van der Waals surface area contributed by atoms with Gasteiger partial charge in [-0.1, -0.05) is 42.4 Å². The zero-order valence-corrected chi connectivity index (χ0v) is 18.8. The number of primary amides is 1. The van der Waals surface area contributed by atoms with Gasteiger partial charge in [0.25, 0.3) is 5.89 Å². The van der Waals surface area contributed by atoms with Gasteiger partial charge in [0, 0.05) is 23.9 Å². The molecule has 0 fully saturated rings. The zero-order valence-electron chi connectivity index (χ0n) is 18.8. The largest absolute Gasteiger partial charge is 0.394 e. The molecule has 0 aliphatic heterocycles. The summed E-state index contributed by atoms with van der Waals surface area (Å²) in [6.45, 7) is 3.57. The van der Waals surface area contributed by atoms with E-state index in [1.54, 1.807) is 31.3 Å². The standard InChI is InChI=1S/C24H25N7O3/c1-3-20-29-23(34-31-20)18-12-26-24(27-16-9-10-17(21(25)33)14(2)11-16)30-22(18)28-19(13-32)15-7-5-4-6-8-15/h4-12,19,32H,3,13H2,1-2H3,(H2,25,33)(H2,26,27,28,30)/t19-/m1/s1. The smallest absolute Gasteiger partial charge is 0.263 e. The first kappa shape index (κ1) is 22.9. The number of nitrogens with one attached hydrogen (secondary N) is 2. The molecule has 0 aliphatic carbocycles. The summed E-state index contributed by atoms with van der Waals surface area (Å²) in [5.41, 5.74) is 8.66. The van der Waals surface area contributed by atoms with Gasteiger partial charge in [0.15, 0.2) is 5.82 Å². The minimum Gasteiger partial charge on any atom is -0.394 e. The van der Waals surface area contributed by atoms with E-state index in [4.69, 9.17) is 10.3 Å². The van der Waals surface area contributed by atoms with Gasteiger partial charge in [0.2, 0.25) is 11.9 Å². The lowest BCUT2D eigenvalue weighted by Gasteiger charge is -2.19. The molecule has 0 bridgehead atoms. The molecule has 1 amide bonds. The third kappa shape index (κ3) is 5.02. The predicted octanol–water partition coefficient (Wildman–Crippen LogP) is 3.39. The van der Waals surface area contributed by atoms with Crippen molar-refractivity contribution in [1.82, 2.24) is 20.1 Å². The number of aryl methyl sites for hydroxylation is 2. The average molecular weight is 460 g/mol. The Hall–Kier alpha value is -4.31. The van der Waals surface area contributed by atoms with Crippen LogP contribution in [0.3, 0.4) is 0 Å². The van der Waals surface area contributed by atoms with E-state index in [1.807, 2.05) is 37.3 Å². The summed E-state index contributed by atoms with van der Waals surface area (Å²) in [6, 6.07) is 14.3. The second-order valence-corrected chi connectivity index (χ2v) is 7.63. The molecule has 0 unspecified atom stereocenters. The molecule has 0 aliphatic rings. The first-order valence-corrected chi connectivity index (χ1v) is 10.8. The van der Waals surface area contributed by atoms with Gasteiger partial charge in [0.1, 0.15) is 11.4 Å². The van der Waals surface area contributed by atoms with Crippen molar-refractivity contribution in [2.45, 2.75) is 26.3 Å². The lowest BCUT2D eigenvalue weighted by molar-refractivity contribution is 0.0999. The number of anilines is 3. The molecule has 34 heavy (non-hydrogen) atoms. The number of amides is 1. The van der Waals surface area contributed by atoms with Crippen LogP contribution in [0.1, 0.15) is 40.3 Å². The molecule has 0 saturated heterocycles. The fourth-order valence-electron chi connectivity index (χ4n) is 3.45. The van der Waals surface area contributed by atoms with Crippen LogP contribution in [-0.2, 0) is 6.42 Å². The Balaban J connectivity index is 1.69. The van der Waals surface area contributed by atoms with Gasteiger partial charge in [-0.25, -0.2) is 4.98 Å². The summed E-state index contributed by atoms with van der Waals surface area (Å²) in [4.78, 5) is 24.9. The Kier molecular flexibility index (Phi) is 6.79. The highest BCUT2D eigenvalue weighted by atomic mass is 16.5. The number of nitrogens with zero attached hydrogens (tertiary/aromatic N) is 4. The molecule has 2 heterocycles. The van der Waals surface area contributed by atoms with Crippen molar-refractivity contribution in [3.63, 3.8) is 0 Å². The van der Waals surface area contributed by atoms with Gasteiger partial charge < -0.3 is 26.0 Å². The first-order valence-electron chi connectivity index (χ1n) is 10.8. The fraction of sp³-hybridized carbons (Fsp3) is 0.208. The summed E-state index contributed by atoms with van der Waals surface area (Å²) in [6.07, 6.45) is 2.20. The van der Waals surface area contributed by atoms with Crippen LogP contribution in [0.5, 0.6) is 0 Å². The summed E-state index contributed by atoms with van der Waals surface area (Å²) in [7, 11) is 0. The number of hydrogen-bond acceptors (Lipinski definition) is 9. The Morgan fingerprint density at radius 1 is 1.18 bits per heavy atom. The lowest BCUT2D eigenvalue weighted by Crippen LogP contribution is -2.17. The number of rotatable bonds is 9. The van der Waals surface area contributed by atoms with Crippen molar-refractivity contribution in [3.8, 4) is 11.5 Å². The van der Waals surface area contributed by atoms with Crippen molar-refractivity contribution < 1.29 is 14.4 Å². The molecule has 174 valence electrons. The van der Waals surface area contributed by atoms with Crippen LogP contribution < -0.4 is 16.4 Å². The predicted molar refractivity (Wildman–Crippen MR) is 128 cm³/mol. The molecular formula is C24H25N7O3. The van der Waals surface area contributed by atoms with Gasteiger partial charge in [-0.3, -0.25) is 4.79 Å². The number of carbonyl (C=O) groups excluding carboxylic acids is 1. The van der Waals surface area contributed by atoms with Crippen molar-refractivity contribution in [2.24, 2.45) is 5.73 Å². The second-order valence-electron chi connectivity index (χ2n) is 7.63. The molecule has 0 radical (unpaired) electrons. The highest BCUT2D eigenvalue weighted by Gasteiger charge is 2.20. The van der Waals surface area contributed by atoms with E-state index in [0.29, 0.717) is 40.8 Å². The molecule has 10 heteroatoms. The van der Waals surface area contributed by atoms with E-state index in [0.717, 1.165) is 11.1 Å². The van der Waals surface area contributed by atoms with E-state index in [2.05, 4.69) is 30.7 Å². The topological polar surface area (TPSA) is 152 Å². The third-order valence-corrected chi connectivity index (χ3v) is 5.25. The summed E-state index contributed by atoms with van der Waals surface area (Å²) >= 11 is 0. The Morgan fingerprint density at radius 2 is 1.97 bits per heavy atom. The number of aliphatic hydroxyl groups excluding tert-OH is 1. The number of carbonyl (C=O) groups is 1. The van der Waals surface area contributed by atoms with Gasteiger partial charge in [0.05, 0.1) is 12.6 Å². The van der Waals surface area contributed by atoms with E-state index in [-0.39, 0.29) is 12.5 Å². The minimum atomic E-state index is -0.488. The zero-order chi connectivity index (χ0) is 24.1. The average Bonchev–Trinajstić information content (AvgIpc) is 3.32. The van der Waals surface area contributed by atoms with E-state index in [1.165, 1.54) is 0 Å². The normalized spacial score (nSPS) is 11.7. The van der Waals surface area contributed by atoms with Gasteiger partial charge in [-0.15, -0.1) is 0 Å². The molecule has 1 atom stereocenters. The molecular weight excluding hydrogens is 434 g/mol. The van der Waals surface area contributed by atoms with Crippen LogP contribution >= 0.6 is 0 Å². The van der Waals surface area contributed by atoms with Gasteiger partial charge in [-0.2, -0.15) is 9.97 Å². The van der Waals surface area contributed by atoms with Crippen molar-refractivity contribution >= 4 is 23.4 Å². The Morgan fingerprint density at radius 3 is 2.62 bits per heavy atom. The number of nitrogens with two attached hydrogens (primary N) is 1. The number of aromatic nitrogens is 4. The van der Waals surface area contributed by atoms with Crippen LogP contribution in [0.15, 0.2) is 59.3 Å². The van der Waals surface area contributed by atoms with Gasteiger partial charge in [-0.05, 0) is 36.2 Å². The highest BCUT2D eigenvalue weighted by Crippen LogP contribution is 2.29. The fourth-order valence-corrected chi connectivity index (χ4v) is 3.45. The molecule has 0 spiro atoms. The maximum Gasteiger partial charge on any atom is 0.263 e. The third-order valence-electron chi connectivity index (χ3n) is 5.25. The number of benzene rings is 2. The summed E-state index contributed by atoms with van der Waals surface area (Å²) in [5.74, 6) is 1.07. The lowest BCUT2D eigenvalue weighted by atomic mass is 10.1.